The summed E-state index contributed by atoms with van der Waals surface area (Å²) in [6.45, 7) is 0. The van der Waals surface area contributed by atoms with E-state index in [1.807, 2.05) is 0 Å². The summed E-state index contributed by atoms with van der Waals surface area (Å²) < 4.78 is 0. The van der Waals surface area contributed by atoms with E-state index in [4.69, 9.17) is 0 Å². The standard InChI is InChI=1S/C3H7NO.HI.Pb.2H/c1-4(2)3-5;;;;/h3H,1-2H3;1H;;;. The number of carbonyl (C=O) groups excluding carboxylic acids is 1. The van der Waals surface area contributed by atoms with E-state index < -0.39 is 0 Å². The third kappa shape index (κ3) is 19.2. The van der Waals surface area contributed by atoms with Crippen molar-refractivity contribution in [3.05, 3.63) is 0 Å². The van der Waals surface area contributed by atoms with Gasteiger partial charge < -0.3 is 4.90 Å². The van der Waals surface area contributed by atoms with Crippen LogP contribution in [0.5, 0.6) is 0 Å². The first-order valence-electron chi connectivity index (χ1n) is 1.39. The van der Waals surface area contributed by atoms with Crippen molar-refractivity contribution < 1.29 is 4.79 Å². The summed E-state index contributed by atoms with van der Waals surface area (Å²) in [7, 11) is 3.38. The Kier molecular flexibility index (Phi) is 22.8. The van der Waals surface area contributed by atoms with Crippen molar-refractivity contribution >= 4 is 57.7 Å². The first-order valence-corrected chi connectivity index (χ1v) is 1.39. The normalized spacial score (nSPS) is 4.86. The number of carbonyl (C=O) groups is 1. The minimum absolute atomic E-state index is 0. The Morgan fingerprint density at radius 1 is 1.43 bits per heavy atom. The number of hydrogen-bond donors (Lipinski definition) is 0. The van der Waals surface area contributed by atoms with Crippen molar-refractivity contribution in [3.63, 3.8) is 0 Å². The van der Waals surface area contributed by atoms with E-state index in [1.54, 1.807) is 14.1 Å². The SMILES string of the molecule is CN(C)C=O.I.[PbH2]. The van der Waals surface area contributed by atoms with Gasteiger partial charge >= 0.3 is 27.3 Å². The molecular weight excluding hydrogens is 400 g/mol. The van der Waals surface area contributed by atoms with Crippen LogP contribution in [0.15, 0.2) is 0 Å². The van der Waals surface area contributed by atoms with Crippen LogP contribution < -0.4 is 0 Å². The van der Waals surface area contributed by atoms with Gasteiger partial charge in [-0.2, -0.15) is 0 Å². The number of nitrogens with zero attached hydrogens (tertiary/aromatic N) is 1. The van der Waals surface area contributed by atoms with Crippen molar-refractivity contribution in [1.82, 2.24) is 4.90 Å². The maximum atomic E-state index is 9.43. The van der Waals surface area contributed by atoms with Crippen LogP contribution in [0.1, 0.15) is 0 Å². The summed E-state index contributed by atoms with van der Waals surface area (Å²) >= 11 is 0. The van der Waals surface area contributed by atoms with Crippen LogP contribution in [-0.4, -0.2) is 52.7 Å². The summed E-state index contributed by atoms with van der Waals surface area (Å²) in [5.74, 6) is 0. The molecule has 44 valence electrons. The van der Waals surface area contributed by atoms with Crippen LogP contribution >= 0.6 is 24.0 Å². The van der Waals surface area contributed by atoms with Gasteiger partial charge in [0.05, 0.1) is 0 Å². The zero-order chi connectivity index (χ0) is 4.28. The number of rotatable bonds is 1. The van der Waals surface area contributed by atoms with E-state index in [1.165, 1.54) is 4.90 Å². The molecule has 0 aromatic heterocycles. The van der Waals surface area contributed by atoms with E-state index in [2.05, 4.69) is 0 Å². The summed E-state index contributed by atoms with van der Waals surface area (Å²) in [6.07, 6.45) is 0.750. The van der Waals surface area contributed by atoms with Crippen molar-refractivity contribution in [3.8, 4) is 0 Å². The molecule has 2 nitrogen and oxygen atoms in total. The summed E-state index contributed by atoms with van der Waals surface area (Å²) in [6, 6.07) is 0. The van der Waals surface area contributed by atoms with Crippen molar-refractivity contribution in [2.45, 2.75) is 0 Å². The van der Waals surface area contributed by atoms with Crippen LogP contribution in [0.3, 0.4) is 0 Å². The molecule has 0 heterocycles. The van der Waals surface area contributed by atoms with E-state index in [-0.39, 0.29) is 51.3 Å². The predicted molar refractivity (Wildman–Crippen MR) is 43.7 cm³/mol. The second-order valence-electron chi connectivity index (χ2n) is 1.07. The molecule has 0 aliphatic rings. The molecule has 0 aromatic rings. The number of amides is 1. The van der Waals surface area contributed by atoms with Crippen LogP contribution in [0.25, 0.3) is 0 Å². The number of hydrogen-bond acceptors (Lipinski definition) is 1. The second kappa shape index (κ2) is 10.2. The van der Waals surface area contributed by atoms with Gasteiger partial charge in [0.15, 0.2) is 0 Å². The molecule has 0 atom stereocenters. The molecule has 0 unspecified atom stereocenters. The van der Waals surface area contributed by atoms with Gasteiger partial charge in [0.2, 0.25) is 6.41 Å². The second-order valence-corrected chi connectivity index (χ2v) is 1.07. The average Bonchev–Trinajstić information content (AvgIpc) is 1.38. The molecule has 2 radical (unpaired) electrons. The van der Waals surface area contributed by atoms with Crippen molar-refractivity contribution in [1.29, 1.82) is 0 Å². The Labute approximate surface area is 80.8 Å². The van der Waals surface area contributed by atoms with Crippen LogP contribution in [0.2, 0.25) is 0 Å². The Morgan fingerprint density at radius 3 is 1.57 bits per heavy atom. The molecule has 0 spiro atoms. The molecule has 0 saturated heterocycles. The summed E-state index contributed by atoms with van der Waals surface area (Å²) in [5.41, 5.74) is 0. The average molecular weight is 410 g/mol. The van der Waals surface area contributed by atoms with Crippen molar-refractivity contribution in [2.75, 3.05) is 14.1 Å². The molecule has 0 fully saturated rings. The minimum atomic E-state index is 0. The Balaban J connectivity index is -0.0000000800. The van der Waals surface area contributed by atoms with Crippen LogP contribution in [-0.2, 0) is 4.79 Å². The quantitative estimate of drug-likeness (QED) is 0.322. The molecule has 0 aliphatic heterocycles. The van der Waals surface area contributed by atoms with Gasteiger partial charge in [-0.25, -0.2) is 0 Å². The molecule has 0 aromatic carbocycles. The van der Waals surface area contributed by atoms with E-state index >= 15 is 0 Å². The Hall–Kier alpha value is 1.12. The van der Waals surface area contributed by atoms with Gasteiger partial charge in [0.25, 0.3) is 0 Å². The molecule has 0 saturated carbocycles. The Morgan fingerprint density at radius 2 is 1.57 bits per heavy atom. The Bertz CT molecular complexity index is 41.9. The first-order chi connectivity index (χ1) is 2.27. The molecule has 7 heavy (non-hydrogen) atoms. The first kappa shape index (κ1) is 15.7. The molecule has 0 N–H and O–H groups in total. The van der Waals surface area contributed by atoms with E-state index in [9.17, 15) is 4.79 Å². The molecule has 0 rings (SSSR count). The third-order valence-electron chi connectivity index (χ3n) is 0.211. The molecule has 4 heteroatoms. The maximum absolute atomic E-state index is 9.43. The fraction of sp³-hybridized carbons (Fsp3) is 0.667. The fourth-order valence-corrected chi connectivity index (χ4v) is 0. The van der Waals surface area contributed by atoms with Gasteiger partial charge in [0, 0.05) is 14.1 Å². The molecular formula is C3H10INOPb. The van der Waals surface area contributed by atoms with Crippen LogP contribution in [0, 0.1) is 0 Å². The zero-order valence-corrected chi connectivity index (χ0v) is 12.4. The third-order valence-corrected chi connectivity index (χ3v) is 0.211. The van der Waals surface area contributed by atoms with Gasteiger partial charge in [-0.15, -0.1) is 24.0 Å². The number of halogens is 1. The summed E-state index contributed by atoms with van der Waals surface area (Å²) in [5, 5.41) is 0. The van der Waals surface area contributed by atoms with Gasteiger partial charge in [-0.05, 0) is 0 Å². The topological polar surface area (TPSA) is 20.3 Å². The summed E-state index contributed by atoms with van der Waals surface area (Å²) in [4.78, 5) is 10.9. The fourth-order valence-electron chi connectivity index (χ4n) is 0. The van der Waals surface area contributed by atoms with E-state index in [0.717, 1.165) is 6.41 Å². The molecule has 0 bridgehead atoms. The zero-order valence-electron chi connectivity index (χ0n) is 4.55. The molecule has 1 amide bonds. The van der Waals surface area contributed by atoms with Crippen molar-refractivity contribution in [2.24, 2.45) is 0 Å². The van der Waals surface area contributed by atoms with E-state index in [0.29, 0.717) is 0 Å². The van der Waals surface area contributed by atoms with Gasteiger partial charge in [0.1, 0.15) is 0 Å². The molecule has 0 aliphatic carbocycles. The van der Waals surface area contributed by atoms with Gasteiger partial charge in [-0.3, -0.25) is 4.79 Å². The van der Waals surface area contributed by atoms with Gasteiger partial charge in [-0.1, -0.05) is 0 Å². The predicted octanol–water partition coefficient (Wildman–Crippen LogP) is -0.594. The van der Waals surface area contributed by atoms with Crippen LogP contribution in [0.4, 0.5) is 0 Å². The monoisotopic (exact) mass is 411 g/mol.